The van der Waals surface area contributed by atoms with Crippen molar-refractivity contribution in [1.82, 2.24) is 24.8 Å². The molecule has 1 aromatic carbocycles. The molecule has 3 aromatic rings. The van der Waals surface area contributed by atoms with E-state index in [0.717, 1.165) is 55.7 Å². The Labute approximate surface area is 191 Å². The lowest BCUT2D eigenvalue weighted by molar-refractivity contribution is 0.0699. The number of likely N-dealkylation sites (tertiary alicyclic amines) is 2. The van der Waals surface area contributed by atoms with Crippen LogP contribution in [0.4, 0.5) is 0 Å². The molecule has 4 heterocycles. The molecule has 33 heavy (non-hydrogen) atoms. The number of fused-ring (bicyclic) bond motifs is 1. The molecule has 0 saturated carbocycles. The maximum absolute atomic E-state index is 13.2. The van der Waals surface area contributed by atoms with Crippen molar-refractivity contribution in [1.29, 1.82) is 0 Å². The summed E-state index contributed by atoms with van der Waals surface area (Å²) in [5.41, 5.74) is 0.669. The van der Waals surface area contributed by atoms with Crippen LogP contribution >= 0.6 is 0 Å². The summed E-state index contributed by atoms with van der Waals surface area (Å²) in [6.45, 7) is 3.09. The molecule has 0 aliphatic carbocycles. The third-order valence-corrected chi connectivity index (χ3v) is 7.00. The molecule has 0 spiro atoms. The lowest BCUT2D eigenvalue weighted by Gasteiger charge is -2.33. The number of nitrogens with one attached hydrogen (secondary N) is 2. The Bertz CT molecular complexity index is 1290. The molecule has 2 aliphatic rings. The number of benzene rings is 1. The molecule has 5 rings (SSSR count). The highest BCUT2D eigenvalue weighted by molar-refractivity contribution is 5.96. The van der Waals surface area contributed by atoms with Gasteiger partial charge in [0, 0.05) is 36.4 Å². The van der Waals surface area contributed by atoms with Crippen LogP contribution in [-0.2, 0) is 0 Å². The van der Waals surface area contributed by atoms with Crippen LogP contribution in [0.5, 0.6) is 0 Å². The normalized spacial score (nSPS) is 20.3. The molecule has 2 fully saturated rings. The minimum Gasteiger partial charge on any atom is -0.337 e. The van der Waals surface area contributed by atoms with Crippen LogP contribution in [0.15, 0.2) is 46.0 Å². The van der Waals surface area contributed by atoms with Gasteiger partial charge in [-0.25, -0.2) is 4.98 Å². The number of nitrogens with zero attached hydrogens (tertiary/aromatic N) is 3. The van der Waals surface area contributed by atoms with Crippen molar-refractivity contribution >= 4 is 16.7 Å². The molecule has 8 nitrogen and oxygen atoms in total. The van der Waals surface area contributed by atoms with Crippen molar-refractivity contribution in [2.45, 2.75) is 37.5 Å². The highest BCUT2D eigenvalue weighted by Crippen LogP contribution is 2.29. The van der Waals surface area contributed by atoms with E-state index < -0.39 is 0 Å². The van der Waals surface area contributed by atoms with E-state index in [0.29, 0.717) is 24.2 Å². The molecule has 2 N–H and O–H groups in total. The fourth-order valence-electron chi connectivity index (χ4n) is 5.08. The number of piperidine rings is 2. The van der Waals surface area contributed by atoms with E-state index in [1.54, 1.807) is 23.1 Å². The van der Waals surface area contributed by atoms with Crippen LogP contribution in [0.1, 0.15) is 59.5 Å². The van der Waals surface area contributed by atoms with Crippen molar-refractivity contribution in [3.8, 4) is 0 Å². The molecule has 8 heteroatoms. The third kappa shape index (κ3) is 4.48. The number of hydrogen-bond acceptors (Lipinski definition) is 5. The largest absolute Gasteiger partial charge is 0.337 e. The number of H-pyrrole nitrogens is 2. The molecule has 0 radical (unpaired) electrons. The van der Waals surface area contributed by atoms with E-state index in [2.05, 4.69) is 21.9 Å². The minimum absolute atomic E-state index is 0.00203. The lowest BCUT2D eigenvalue weighted by Crippen LogP contribution is -2.40. The highest BCUT2D eigenvalue weighted by Gasteiger charge is 2.29. The Hall–Kier alpha value is -3.26. The first-order valence-electron chi connectivity index (χ1n) is 11.7. The predicted molar refractivity (Wildman–Crippen MR) is 127 cm³/mol. The minimum atomic E-state index is -0.260. The number of aromatic amines is 2. The van der Waals surface area contributed by atoms with Crippen LogP contribution in [0, 0.1) is 0 Å². The summed E-state index contributed by atoms with van der Waals surface area (Å²) in [5.74, 6) is 0.843. The first kappa shape index (κ1) is 21.6. The number of carbonyl (C=O) groups is 1. The van der Waals surface area contributed by atoms with Crippen LogP contribution in [-0.4, -0.2) is 63.9 Å². The van der Waals surface area contributed by atoms with Crippen LogP contribution in [0.2, 0.25) is 0 Å². The maximum atomic E-state index is 13.2. The molecule has 1 amide bonds. The molecular weight excluding hydrogens is 418 g/mol. The predicted octanol–water partition coefficient (Wildman–Crippen LogP) is 2.44. The molecule has 0 unspecified atom stereocenters. The summed E-state index contributed by atoms with van der Waals surface area (Å²) >= 11 is 0. The van der Waals surface area contributed by atoms with Gasteiger partial charge in [-0.1, -0.05) is 18.2 Å². The lowest BCUT2D eigenvalue weighted by atomic mass is 9.92. The Morgan fingerprint density at radius 2 is 1.79 bits per heavy atom. The van der Waals surface area contributed by atoms with Gasteiger partial charge >= 0.3 is 0 Å². The van der Waals surface area contributed by atoms with Crippen molar-refractivity contribution in [2.24, 2.45) is 0 Å². The molecule has 2 aromatic heterocycles. The second-order valence-corrected chi connectivity index (χ2v) is 9.32. The average molecular weight is 448 g/mol. The van der Waals surface area contributed by atoms with Gasteiger partial charge in [-0.3, -0.25) is 14.4 Å². The Morgan fingerprint density at radius 1 is 1.00 bits per heavy atom. The topological polar surface area (TPSA) is 102 Å². The second kappa shape index (κ2) is 8.94. The fourth-order valence-corrected chi connectivity index (χ4v) is 5.08. The van der Waals surface area contributed by atoms with E-state index >= 15 is 0 Å². The smallest absolute Gasteiger partial charge is 0.270 e. The number of pyridine rings is 1. The van der Waals surface area contributed by atoms with Gasteiger partial charge in [-0.2, -0.15) is 0 Å². The van der Waals surface area contributed by atoms with Crippen LogP contribution in [0.25, 0.3) is 10.8 Å². The van der Waals surface area contributed by atoms with Gasteiger partial charge in [-0.15, -0.1) is 0 Å². The zero-order chi connectivity index (χ0) is 22.9. The molecule has 172 valence electrons. The van der Waals surface area contributed by atoms with Gasteiger partial charge in [0.1, 0.15) is 11.5 Å². The number of carbonyl (C=O) groups excluding carboxylic acids is 1. The van der Waals surface area contributed by atoms with Gasteiger partial charge in [0.25, 0.3) is 17.0 Å². The molecule has 1 atom stereocenters. The molecule has 0 bridgehead atoms. The summed E-state index contributed by atoms with van der Waals surface area (Å²) in [6.07, 6.45) is 3.66. The van der Waals surface area contributed by atoms with Gasteiger partial charge < -0.3 is 19.8 Å². The Kier molecular flexibility index (Phi) is 5.85. The summed E-state index contributed by atoms with van der Waals surface area (Å²) in [7, 11) is 2.11. The Morgan fingerprint density at radius 3 is 2.61 bits per heavy atom. The van der Waals surface area contributed by atoms with Crippen LogP contribution < -0.4 is 11.1 Å². The van der Waals surface area contributed by atoms with Gasteiger partial charge in [-0.05, 0) is 63.3 Å². The van der Waals surface area contributed by atoms with E-state index in [1.165, 1.54) is 0 Å². The first-order valence-corrected chi connectivity index (χ1v) is 11.7. The Balaban J connectivity index is 1.37. The summed E-state index contributed by atoms with van der Waals surface area (Å²) in [4.78, 5) is 52.7. The highest BCUT2D eigenvalue weighted by atomic mass is 16.2. The van der Waals surface area contributed by atoms with Crippen molar-refractivity contribution in [3.05, 3.63) is 74.3 Å². The summed E-state index contributed by atoms with van der Waals surface area (Å²) in [6, 6.07) is 10.6. The average Bonchev–Trinajstić information content (AvgIpc) is 2.84. The standard InChI is InChI=1S/C25H29N5O3/c1-29-11-8-16(9-12-29)23-26-20(14-22(31)28-23)18-6-4-10-30(15-18)25(33)21-13-17-5-2-3-7-19(17)24(32)27-21/h2-3,5,7,13-14,16,18H,4,6,8-12,15H2,1H3,(H,27,32)(H,26,28,31)/t18-/m0/s1. The van der Waals surface area contributed by atoms with Gasteiger partial charge in [0.15, 0.2) is 0 Å². The van der Waals surface area contributed by atoms with E-state index in [9.17, 15) is 14.4 Å². The quantitative estimate of drug-likeness (QED) is 0.642. The number of aromatic nitrogens is 3. The number of hydrogen-bond donors (Lipinski definition) is 2. The molecular formula is C25H29N5O3. The van der Waals surface area contributed by atoms with Crippen molar-refractivity contribution in [3.63, 3.8) is 0 Å². The molecule has 2 aliphatic heterocycles. The van der Waals surface area contributed by atoms with E-state index in [-0.39, 0.29) is 28.9 Å². The fraction of sp³-hybridized carbons (Fsp3) is 0.440. The molecule has 2 saturated heterocycles. The zero-order valence-corrected chi connectivity index (χ0v) is 18.8. The number of amides is 1. The first-order chi connectivity index (χ1) is 16.0. The summed E-state index contributed by atoms with van der Waals surface area (Å²) in [5, 5.41) is 1.32. The third-order valence-electron chi connectivity index (χ3n) is 7.00. The van der Waals surface area contributed by atoms with E-state index in [1.807, 2.05) is 18.2 Å². The van der Waals surface area contributed by atoms with Crippen molar-refractivity contribution in [2.75, 3.05) is 33.2 Å². The number of rotatable bonds is 3. The monoisotopic (exact) mass is 447 g/mol. The summed E-state index contributed by atoms with van der Waals surface area (Å²) < 4.78 is 0. The van der Waals surface area contributed by atoms with Crippen molar-refractivity contribution < 1.29 is 4.79 Å². The maximum Gasteiger partial charge on any atom is 0.270 e. The second-order valence-electron chi connectivity index (χ2n) is 9.32. The van der Waals surface area contributed by atoms with Gasteiger partial charge in [0.05, 0.1) is 5.69 Å². The van der Waals surface area contributed by atoms with E-state index in [4.69, 9.17) is 4.98 Å². The van der Waals surface area contributed by atoms with Gasteiger partial charge in [0.2, 0.25) is 0 Å². The SMILES string of the molecule is CN1CCC(c2nc([C@H]3CCCN(C(=O)c4cc5ccccc5c(=O)[nH]4)C3)cc(=O)[nH]2)CC1. The van der Waals surface area contributed by atoms with Crippen LogP contribution in [0.3, 0.4) is 0 Å². The zero-order valence-electron chi connectivity index (χ0n) is 18.8.